The maximum absolute atomic E-state index is 13.4. The second-order valence-electron chi connectivity index (χ2n) is 6.25. The van der Waals surface area contributed by atoms with Crippen molar-refractivity contribution < 1.29 is 14.1 Å². The van der Waals surface area contributed by atoms with E-state index in [4.69, 9.17) is 0 Å². The van der Waals surface area contributed by atoms with Crippen molar-refractivity contribution in [1.82, 2.24) is 10.2 Å². The van der Waals surface area contributed by atoms with Crippen LogP contribution in [0.4, 0.5) is 10.1 Å². The summed E-state index contributed by atoms with van der Waals surface area (Å²) in [4.78, 5) is 24.6. The summed E-state index contributed by atoms with van der Waals surface area (Å²) >= 11 is 0. The first-order valence-electron chi connectivity index (χ1n) is 8.03. The van der Waals surface area contributed by atoms with Gasteiger partial charge in [-0.25, -0.2) is 4.39 Å². The van der Waals surface area contributed by atoms with E-state index in [1.165, 1.54) is 12.8 Å². The van der Waals surface area contributed by atoms with Gasteiger partial charge in [-0.2, -0.15) is 0 Å². The zero-order valence-electron chi connectivity index (χ0n) is 12.8. The van der Waals surface area contributed by atoms with Gasteiger partial charge in [0, 0.05) is 25.2 Å². The van der Waals surface area contributed by atoms with Gasteiger partial charge in [-0.05, 0) is 50.3 Å². The number of carbonyl (C=O) groups excluding carboxylic acids is 1. The molecule has 6 nitrogen and oxygen atoms in total. The molecule has 0 aliphatic carbocycles. The number of rotatable bonds is 3. The van der Waals surface area contributed by atoms with Gasteiger partial charge in [-0.3, -0.25) is 14.9 Å². The lowest BCUT2D eigenvalue weighted by Gasteiger charge is -2.34. The molecule has 3 rings (SSSR count). The van der Waals surface area contributed by atoms with Crippen LogP contribution in [0.1, 0.15) is 36.0 Å². The number of nitrogens with one attached hydrogen (secondary N) is 1. The van der Waals surface area contributed by atoms with E-state index in [0.717, 1.165) is 37.6 Å². The van der Waals surface area contributed by atoms with Gasteiger partial charge in [0.05, 0.1) is 4.92 Å². The monoisotopic (exact) mass is 321 g/mol. The molecule has 124 valence electrons. The molecule has 1 aromatic rings. The third-order valence-corrected chi connectivity index (χ3v) is 4.88. The SMILES string of the molecule is O=C(c1cc(F)ccc1[N+](=O)[O-])N1CCC(C2CCCN2)CC1. The van der Waals surface area contributed by atoms with E-state index in [0.29, 0.717) is 25.0 Å². The standard InChI is InChI=1S/C16H20FN3O3/c17-12-3-4-15(20(22)23)13(10-12)16(21)19-8-5-11(6-9-19)14-2-1-7-18-14/h3-4,10-11,14,18H,1-2,5-9H2. The molecule has 2 aliphatic rings. The smallest absolute Gasteiger partial charge is 0.282 e. The van der Waals surface area contributed by atoms with Crippen LogP contribution in [0.3, 0.4) is 0 Å². The zero-order valence-corrected chi connectivity index (χ0v) is 12.8. The Morgan fingerprint density at radius 1 is 1.30 bits per heavy atom. The summed E-state index contributed by atoms with van der Waals surface area (Å²) < 4.78 is 13.4. The molecule has 7 heteroatoms. The number of nitro groups is 1. The average Bonchev–Trinajstić information content (AvgIpc) is 3.08. The van der Waals surface area contributed by atoms with Crippen molar-refractivity contribution in [3.63, 3.8) is 0 Å². The second-order valence-corrected chi connectivity index (χ2v) is 6.25. The molecule has 1 atom stereocenters. The summed E-state index contributed by atoms with van der Waals surface area (Å²) in [5.74, 6) is -0.540. The van der Waals surface area contributed by atoms with Crippen molar-refractivity contribution in [1.29, 1.82) is 0 Å². The summed E-state index contributed by atoms with van der Waals surface area (Å²) in [5, 5.41) is 14.5. The molecule has 1 aromatic carbocycles. The van der Waals surface area contributed by atoms with Crippen molar-refractivity contribution in [3.8, 4) is 0 Å². The van der Waals surface area contributed by atoms with Gasteiger partial charge in [0.15, 0.2) is 0 Å². The summed E-state index contributed by atoms with van der Waals surface area (Å²) in [6, 6.07) is 3.55. The van der Waals surface area contributed by atoms with Gasteiger partial charge in [0.1, 0.15) is 11.4 Å². The minimum absolute atomic E-state index is 0.160. The fraction of sp³-hybridized carbons (Fsp3) is 0.562. The minimum atomic E-state index is -0.637. The van der Waals surface area contributed by atoms with Crippen LogP contribution < -0.4 is 5.32 Å². The maximum Gasteiger partial charge on any atom is 0.282 e. The first-order chi connectivity index (χ1) is 11.1. The lowest BCUT2D eigenvalue weighted by molar-refractivity contribution is -0.385. The highest BCUT2D eigenvalue weighted by atomic mass is 19.1. The minimum Gasteiger partial charge on any atom is -0.338 e. The fourth-order valence-electron chi connectivity index (χ4n) is 3.63. The second kappa shape index (κ2) is 6.62. The number of carbonyl (C=O) groups is 1. The topological polar surface area (TPSA) is 75.5 Å². The van der Waals surface area contributed by atoms with E-state index in [1.807, 2.05) is 0 Å². The third-order valence-electron chi connectivity index (χ3n) is 4.88. The fourth-order valence-corrected chi connectivity index (χ4v) is 3.63. The Morgan fingerprint density at radius 3 is 2.65 bits per heavy atom. The van der Waals surface area contributed by atoms with Crippen molar-refractivity contribution in [2.24, 2.45) is 5.92 Å². The van der Waals surface area contributed by atoms with Crippen LogP contribution in [0.2, 0.25) is 0 Å². The highest BCUT2D eigenvalue weighted by Gasteiger charge is 2.32. The lowest BCUT2D eigenvalue weighted by Crippen LogP contribution is -2.43. The van der Waals surface area contributed by atoms with E-state index >= 15 is 0 Å². The number of halogens is 1. The van der Waals surface area contributed by atoms with Crippen molar-refractivity contribution >= 4 is 11.6 Å². The van der Waals surface area contributed by atoms with Gasteiger partial charge in [0.2, 0.25) is 0 Å². The molecule has 1 N–H and O–H groups in total. The summed E-state index contributed by atoms with van der Waals surface area (Å²) in [6.45, 7) is 2.18. The van der Waals surface area contributed by atoms with Gasteiger partial charge in [-0.1, -0.05) is 0 Å². The van der Waals surface area contributed by atoms with Crippen molar-refractivity contribution in [2.75, 3.05) is 19.6 Å². The number of hydrogen-bond donors (Lipinski definition) is 1. The molecule has 2 fully saturated rings. The summed E-state index contributed by atoms with van der Waals surface area (Å²) in [5.41, 5.74) is -0.497. The largest absolute Gasteiger partial charge is 0.338 e. The third kappa shape index (κ3) is 3.34. The number of amides is 1. The van der Waals surface area contributed by atoms with E-state index in [2.05, 4.69) is 5.32 Å². The molecule has 1 unspecified atom stereocenters. The molecule has 1 amide bonds. The molecule has 0 saturated carbocycles. The van der Waals surface area contributed by atoms with Crippen LogP contribution in [0.15, 0.2) is 18.2 Å². The van der Waals surface area contributed by atoms with Crippen LogP contribution in [0, 0.1) is 21.8 Å². The van der Waals surface area contributed by atoms with E-state index in [1.54, 1.807) is 4.90 Å². The van der Waals surface area contributed by atoms with Crippen LogP contribution in [0.5, 0.6) is 0 Å². The lowest BCUT2D eigenvalue weighted by atomic mass is 9.88. The Balaban J connectivity index is 1.70. The Labute approximate surface area is 133 Å². The van der Waals surface area contributed by atoms with Crippen molar-refractivity contribution in [3.05, 3.63) is 39.7 Å². The predicted octanol–water partition coefficient (Wildman–Crippen LogP) is 2.34. The van der Waals surface area contributed by atoms with Gasteiger partial charge >= 0.3 is 0 Å². The van der Waals surface area contributed by atoms with E-state index in [-0.39, 0.29) is 11.3 Å². The van der Waals surface area contributed by atoms with Crippen LogP contribution in [0.25, 0.3) is 0 Å². The Bertz CT molecular complexity index is 609. The molecular formula is C16H20FN3O3. The van der Waals surface area contributed by atoms with Gasteiger partial charge < -0.3 is 10.2 Å². The molecule has 2 saturated heterocycles. The first kappa shape index (κ1) is 15.9. The molecule has 0 bridgehead atoms. The van der Waals surface area contributed by atoms with Crippen LogP contribution in [-0.4, -0.2) is 41.4 Å². The van der Waals surface area contributed by atoms with E-state index in [9.17, 15) is 19.3 Å². The normalized spacial score (nSPS) is 22.3. The average molecular weight is 321 g/mol. The number of nitro benzene ring substituents is 1. The van der Waals surface area contributed by atoms with Crippen LogP contribution in [-0.2, 0) is 0 Å². The molecule has 0 spiro atoms. The zero-order chi connectivity index (χ0) is 16.4. The Hall–Kier alpha value is -2.02. The number of hydrogen-bond acceptors (Lipinski definition) is 4. The summed E-state index contributed by atoms with van der Waals surface area (Å²) in [7, 11) is 0. The highest BCUT2D eigenvalue weighted by Crippen LogP contribution is 2.28. The molecule has 23 heavy (non-hydrogen) atoms. The number of likely N-dealkylation sites (tertiary alicyclic amines) is 1. The van der Waals surface area contributed by atoms with Crippen molar-refractivity contribution in [2.45, 2.75) is 31.7 Å². The molecule has 2 heterocycles. The number of piperidine rings is 1. The first-order valence-corrected chi connectivity index (χ1v) is 8.03. The Kier molecular flexibility index (Phi) is 4.56. The van der Waals surface area contributed by atoms with E-state index < -0.39 is 16.6 Å². The number of nitrogens with zero attached hydrogens (tertiary/aromatic N) is 2. The highest BCUT2D eigenvalue weighted by molar-refractivity contribution is 5.98. The predicted molar refractivity (Wildman–Crippen MR) is 82.7 cm³/mol. The molecule has 2 aliphatic heterocycles. The molecular weight excluding hydrogens is 301 g/mol. The van der Waals surface area contributed by atoms with Gasteiger partial charge in [-0.15, -0.1) is 0 Å². The Morgan fingerprint density at radius 2 is 2.04 bits per heavy atom. The quantitative estimate of drug-likeness (QED) is 0.685. The molecule has 0 radical (unpaired) electrons. The number of benzene rings is 1. The maximum atomic E-state index is 13.4. The van der Waals surface area contributed by atoms with Gasteiger partial charge in [0.25, 0.3) is 11.6 Å². The molecule has 0 aromatic heterocycles. The van der Waals surface area contributed by atoms with Crippen LogP contribution >= 0.6 is 0 Å². The summed E-state index contributed by atoms with van der Waals surface area (Å²) in [6.07, 6.45) is 4.13.